The van der Waals surface area contributed by atoms with Crippen molar-refractivity contribution >= 4 is 9.84 Å². The highest BCUT2D eigenvalue weighted by Gasteiger charge is 2.52. The zero-order valence-corrected chi connectivity index (χ0v) is 16.5. The van der Waals surface area contributed by atoms with E-state index in [0.29, 0.717) is 30.9 Å². The Kier molecular flexibility index (Phi) is 6.37. The van der Waals surface area contributed by atoms with Gasteiger partial charge < -0.3 is 4.74 Å². The predicted molar refractivity (Wildman–Crippen MR) is 105 cm³/mol. The molecule has 2 aromatic rings. The van der Waals surface area contributed by atoms with E-state index in [2.05, 4.69) is 5.92 Å². The van der Waals surface area contributed by atoms with Gasteiger partial charge in [-0.3, -0.25) is 4.90 Å². The Bertz CT molecular complexity index is 922. The second kappa shape index (κ2) is 8.76. The van der Waals surface area contributed by atoms with Gasteiger partial charge in [-0.1, -0.05) is 24.1 Å². The molecular formula is C21H23NO5S. The standard InChI is InChI=1S/C21H23NO5S/c1-3-15-22-16-7-14-21(22,17-26-25-2)28(23,24)20-12-10-19(11-13-20)27-18-8-5-4-6-9-18/h1,4-6,8-13H,7,14-17H2,2H3. The molecule has 148 valence electrons. The molecule has 1 saturated heterocycles. The molecule has 0 radical (unpaired) electrons. The highest BCUT2D eigenvalue weighted by molar-refractivity contribution is 7.92. The van der Waals surface area contributed by atoms with Crippen LogP contribution in [0.25, 0.3) is 0 Å². The van der Waals surface area contributed by atoms with Gasteiger partial charge in [-0.25, -0.2) is 18.2 Å². The zero-order chi connectivity index (χ0) is 20.0. The second-order valence-electron chi connectivity index (χ2n) is 6.49. The van der Waals surface area contributed by atoms with Crippen molar-refractivity contribution in [1.29, 1.82) is 0 Å². The molecule has 1 aliphatic rings. The van der Waals surface area contributed by atoms with Gasteiger partial charge in [-0.15, -0.1) is 6.42 Å². The zero-order valence-electron chi connectivity index (χ0n) is 15.7. The van der Waals surface area contributed by atoms with Crippen LogP contribution in [0.3, 0.4) is 0 Å². The summed E-state index contributed by atoms with van der Waals surface area (Å²) in [6.45, 7) is 0.697. The first kappa shape index (κ1) is 20.4. The SMILES string of the molecule is C#CCN1CCCC1(COOC)S(=O)(=O)c1ccc(Oc2ccccc2)cc1. The molecule has 0 amide bonds. The Hall–Kier alpha value is -2.37. The Morgan fingerprint density at radius 2 is 1.79 bits per heavy atom. The third kappa shape index (κ3) is 3.91. The summed E-state index contributed by atoms with van der Waals surface area (Å²) in [6, 6.07) is 15.7. The molecule has 28 heavy (non-hydrogen) atoms. The molecule has 0 bridgehead atoms. The molecule has 0 saturated carbocycles. The van der Waals surface area contributed by atoms with Gasteiger partial charge in [0.2, 0.25) is 0 Å². The number of likely N-dealkylation sites (tertiary alicyclic amines) is 1. The van der Waals surface area contributed by atoms with E-state index < -0.39 is 14.7 Å². The van der Waals surface area contributed by atoms with Crippen molar-refractivity contribution in [2.45, 2.75) is 22.6 Å². The molecule has 1 unspecified atom stereocenters. The highest BCUT2D eigenvalue weighted by Crippen LogP contribution is 2.39. The van der Waals surface area contributed by atoms with Gasteiger partial charge in [-0.05, 0) is 49.2 Å². The van der Waals surface area contributed by atoms with E-state index >= 15 is 0 Å². The minimum absolute atomic E-state index is 0.115. The highest BCUT2D eigenvalue weighted by atomic mass is 32.2. The fourth-order valence-corrected chi connectivity index (χ4v) is 5.51. The number of nitrogens with zero attached hydrogens (tertiary/aromatic N) is 1. The average Bonchev–Trinajstić information content (AvgIpc) is 3.12. The van der Waals surface area contributed by atoms with Crippen LogP contribution in [-0.4, -0.2) is 45.0 Å². The summed E-state index contributed by atoms with van der Waals surface area (Å²) >= 11 is 0. The van der Waals surface area contributed by atoms with Crippen LogP contribution < -0.4 is 4.74 Å². The molecular weight excluding hydrogens is 378 g/mol. The first-order valence-corrected chi connectivity index (χ1v) is 10.4. The van der Waals surface area contributed by atoms with Crippen LogP contribution in [0.4, 0.5) is 0 Å². The van der Waals surface area contributed by atoms with Gasteiger partial charge in [-0.2, -0.15) is 0 Å². The molecule has 2 aromatic carbocycles. The summed E-state index contributed by atoms with van der Waals surface area (Å²) in [4.78, 5) is 10.5. The van der Waals surface area contributed by atoms with E-state index in [-0.39, 0.29) is 18.0 Å². The molecule has 6 nitrogen and oxygen atoms in total. The van der Waals surface area contributed by atoms with E-state index in [4.69, 9.17) is 20.9 Å². The van der Waals surface area contributed by atoms with E-state index in [1.54, 1.807) is 29.2 Å². The minimum Gasteiger partial charge on any atom is -0.457 e. The summed E-state index contributed by atoms with van der Waals surface area (Å²) < 4.78 is 32.8. The van der Waals surface area contributed by atoms with Crippen LogP contribution >= 0.6 is 0 Å². The predicted octanol–water partition coefficient (Wildman–Crippen LogP) is 3.26. The van der Waals surface area contributed by atoms with E-state index in [1.807, 2.05) is 30.3 Å². The first-order chi connectivity index (χ1) is 13.5. The van der Waals surface area contributed by atoms with Crippen LogP contribution in [-0.2, 0) is 19.6 Å². The van der Waals surface area contributed by atoms with Gasteiger partial charge in [0.1, 0.15) is 18.1 Å². The maximum atomic E-state index is 13.5. The summed E-state index contributed by atoms with van der Waals surface area (Å²) in [7, 11) is -2.41. The van der Waals surface area contributed by atoms with Gasteiger partial charge in [0, 0.05) is 6.54 Å². The molecule has 0 aromatic heterocycles. The Labute approximate surface area is 165 Å². The van der Waals surface area contributed by atoms with Gasteiger partial charge in [0.05, 0.1) is 18.6 Å². The minimum atomic E-state index is -3.76. The Balaban J connectivity index is 1.90. The Morgan fingerprint density at radius 3 is 2.43 bits per heavy atom. The van der Waals surface area contributed by atoms with Gasteiger partial charge >= 0.3 is 0 Å². The normalized spacial score (nSPS) is 20.0. The van der Waals surface area contributed by atoms with Crippen molar-refractivity contribution in [3.63, 3.8) is 0 Å². The van der Waals surface area contributed by atoms with Crippen LogP contribution in [0.5, 0.6) is 11.5 Å². The van der Waals surface area contributed by atoms with Crippen molar-refractivity contribution in [1.82, 2.24) is 4.90 Å². The molecule has 1 heterocycles. The van der Waals surface area contributed by atoms with Crippen LogP contribution in [0.1, 0.15) is 12.8 Å². The summed E-state index contributed by atoms with van der Waals surface area (Å²) in [5, 5.41) is 0. The molecule has 0 spiro atoms. The van der Waals surface area contributed by atoms with Gasteiger partial charge in [0.15, 0.2) is 14.7 Å². The Morgan fingerprint density at radius 1 is 1.11 bits per heavy atom. The number of hydrogen-bond donors (Lipinski definition) is 0. The van der Waals surface area contributed by atoms with Crippen molar-refractivity contribution in [2.75, 3.05) is 26.8 Å². The summed E-state index contributed by atoms with van der Waals surface area (Å²) in [5.74, 6) is 3.78. The largest absolute Gasteiger partial charge is 0.457 e. The van der Waals surface area contributed by atoms with Gasteiger partial charge in [0.25, 0.3) is 0 Å². The van der Waals surface area contributed by atoms with Crippen molar-refractivity contribution < 1.29 is 22.9 Å². The molecule has 3 rings (SSSR count). The number of terminal acetylenes is 1. The number of benzene rings is 2. The van der Waals surface area contributed by atoms with E-state index in [1.165, 1.54) is 7.11 Å². The average molecular weight is 401 g/mol. The van der Waals surface area contributed by atoms with Crippen molar-refractivity contribution in [2.24, 2.45) is 0 Å². The lowest BCUT2D eigenvalue weighted by Gasteiger charge is -2.36. The third-order valence-corrected chi connectivity index (χ3v) is 7.34. The molecule has 1 atom stereocenters. The van der Waals surface area contributed by atoms with E-state index in [9.17, 15) is 8.42 Å². The molecule has 1 aliphatic heterocycles. The third-order valence-electron chi connectivity index (χ3n) is 4.87. The number of para-hydroxylation sites is 1. The van der Waals surface area contributed by atoms with Crippen LogP contribution in [0, 0.1) is 12.3 Å². The number of ether oxygens (including phenoxy) is 1. The fourth-order valence-electron chi connectivity index (χ4n) is 3.47. The van der Waals surface area contributed by atoms with E-state index in [0.717, 1.165) is 0 Å². The topological polar surface area (TPSA) is 65.1 Å². The van der Waals surface area contributed by atoms with Crippen molar-refractivity contribution in [3.05, 3.63) is 54.6 Å². The number of hydrogen-bond acceptors (Lipinski definition) is 6. The summed E-state index contributed by atoms with van der Waals surface area (Å²) in [6.07, 6.45) is 6.59. The van der Waals surface area contributed by atoms with Crippen molar-refractivity contribution in [3.8, 4) is 23.8 Å². The quantitative estimate of drug-likeness (QED) is 0.384. The molecule has 1 fully saturated rings. The lowest BCUT2D eigenvalue weighted by atomic mass is 10.2. The monoisotopic (exact) mass is 401 g/mol. The molecule has 7 heteroatoms. The fraction of sp³-hybridized carbons (Fsp3) is 0.333. The maximum absolute atomic E-state index is 13.5. The maximum Gasteiger partial charge on any atom is 0.199 e. The molecule has 0 aliphatic carbocycles. The van der Waals surface area contributed by atoms with Crippen LogP contribution in [0.15, 0.2) is 59.5 Å². The number of rotatable bonds is 8. The van der Waals surface area contributed by atoms with Crippen LogP contribution in [0.2, 0.25) is 0 Å². The lowest BCUT2D eigenvalue weighted by Crippen LogP contribution is -2.53. The smallest absolute Gasteiger partial charge is 0.199 e. The molecule has 0 N–H and O–H groups in total. The first-order valence-electron chi connectivity index (χ1n) is 8.95. The number of sulfone groups is 1. The second-order valence-corrected chi connectivity index (χ2v) is 8.73. The lowest BCUT2D eigenvalue weighted by molar-refractivity contribution is -0.282. The summed E-state index contributed by atoms with van der Waals surface area (Å²) in [5.41, 5.74) is 0.